The number of carbonyl (C=O) groups excluding carboxylic acids is 1. The van der Waals surface area contributed by atoms with E-state index in [9.17, 15) is 4.79 Å². The number of hydrogen-bond donors (Lipinski definition) is 2. The van der Waals surface area contributed by atoms with Crippen LogP contribution in [0, 0.1) is 13.8 Å². The number of aryl methyl sites for hydroxylation is 2. The number of benzene rings is 2. The van der Waals surface area contributed by atoms with E-state index >= 15 is 0 Å². The van der Waals surface area contributed by atoms with Crippen molar-refractivity contribution in [3.63, 3.8) is 0 Å². The van der Waals surface area contributed by atoms with Crippen LogP contribution in [0.2, 0.25) is 5.02 Å². The molecule has 0 fully saturated rings. The van der Waals surface area contributed by atoms with Crippen molar-refractivity contribution in [2.24, 2.45) is 0 Å². The van der Waals surface area contributed by atoms with Crippen molar-refractivity contribution in [3.05, 3.63) is 64.2 Å². The van der Waals surface area contributed by atoms with Crippen LogP contribution >= 0.6 is 11.6 Å². The van der Waals surface area contributed by atoms with Gasteiger partial charge in [-0.25, -0.2) is 0 Å². The molecule has 1 amide bonds. The molecule has 1 atom stereocenters. The van der Waals surface area contributed by atoms with Crippen LogP contribution in [0.1, 0.15) is 16.7 Å². The maximum atomic E-state index is 12.1. The van der Waals surface area contributed by atoms with Gasteiger partial charge in [-0.15, -0.1) is 0 Å². The molecule has 0 aliphatic rings. The van der Waals surface area contributed by atoms with E-state index in [0.717, 1.165) is 17.1 Å². The SMILES string of the molecule is Cc1ccc(C)c(C[NH+](C)CC(=O)Nc2ccc(Cl)cc2)c1. The third-order valence-corrected chi connectivity index (χ3v) is 3.84. The van der Waals surface area contributed by atoms with Gasteiger partial charge >= 0.3 is 0 Å². The Bertz CT molecular complexity index is 653. The Kier molecular flexibility index (Phi) is 5.58. The van der Waals surface area contributed by atoms with Crippen LogP contribution in [0.4, 0.5) is 5.69 Å². The summed E-state index contributed by atoms with van der Waals surface area (Å²) < 4.78 is 0. The first kappa shape index (κ1) is 16.5. The molecule has 22 heavy (non-hydrogen) atoms. The fraction of sp³-hybridized carbons (Fsp3) is 0.278. The minimum absolute atomic E-state index is 0.00475. The number of quaternary nitrogens is 1. The zero-order chi connectivity index (χ0) is 16.1. The molecule has 116 valence electrons. The van der Waals surface area contributed by atoms with Gasteiger partial charge in [0.1, 0.15) is 6.54 Å². The van der Waals surface area contributed by atoms with Crippen LogP contribution in [-0.4, -0.2) is 19.5 Å². The molecule has 2 aromatic rings. The number of anilines is 1. The molecule has 4 heteroatoms. The second kappa shape index (κ2) is 7.43. The zero-order valence-corrected chi connectivity index (χ0v) is 14.0. The fourth-order valence-electron chi connectivity index (χ4n) is 2.39. The third kappa shape index (κ3) is 4.86. The van der Waals surface area contributed by atoms with E-state index in [1.165, 1.54) is 16.7 Å². The van der Waals surface area contributed by atoms with E-state index < -0.39 is 0 Å². The Labute approximate surface area is 136 Å². The highest BCUT2D eigenvalue weighted by Crippen LogP contribution is 2.13. The van der Waals surface area contributed by atoms with Crippen LogP contribution in [0.3, 0.4) is 0 Å². The van der Waals surface area contributed by atoms with Gasteiger partial charge in [-0.1, -0.05) is 35.4 Å². The summed E-state index contributed by atoms with van der Waals surface area (Å²) in [6.45, 7) is 5.46. The number of rotatable bonds is 5. The molecule has 0 saturated heterocycles. The summed E-state index contributed by atoms with van der Waals surface area (Å²) >= 11 is 5.83. The average molecular weight is 318 g/mol. The summed E-state index contributed by atoms with van der Waals surface area (Å²) in [4.78, 5) is 13.2. The quantitative estimate of drug-likeness (QED) is 0.873. The second-order valence-corrected chi connectivity index (χ2v) is 6.23. The number of nitrogens with one attached hydrogen (secondary N) is 2. The van der Waals surface area contributed by atoms with Gasteiger partial charge in [-0.2, -0.15) is 0 Å². The first-order valence-electron chi connectivity index (χ1n) is 7.37. The van der Waals surface area contributed by atoms with Gasteiger partial charge in [0.2, 0.25) is 0 Å². The lowest BCUT2D eigenvalue weighted by molar-refractivity contribution is -0.885. The minimum atomic E-state index is 0.00475. The van der Waals surface area contributed by atoms with E-state index in [-0.39, 0.29) is 5.91 Å². The molecule has 2 rings (SSSR count). The Hall–Kier alpha value is -1.84. The van der Waals surface area contributed by atoms with Crippen molar-refractivity contribution in [1.29, 1.82) is 0 Å². The highest BCUT2D eigenvalue weighted by Gasteiger charge is 2.12. The molecule has 0 radical (unpaired) electrons. The van der Waals surface area contributed by atoms with Crippen molar-refractivity contribution in [2.75, 3.05) is 18.9 Å². The maximum Gasteiger partial charge on any atom is 0.279 e. The Morgan fingerprint density at radius 3 is 2.50 bits per heavy atom. The summed E-state index contributed by atoms with van der Waals surface area (Å²) in [6.07, 6.45) is 0. The number of hydrogen-bond acceptors (Lipinski definition) is 1. The molecule has 2 aromatic carbocycles. The molecule has 0 aliphatic heterocycles. The third-order valence-electron chi connectivity index (χ3n) is 3.59. The number of carbonyl (C=O) groups is 1. The lowest BCUT2D eigenvalue weighted by Gasteiger charge is -2.15. The van der Waals surface area contributed by atoms with Gasteiger partial charge in [0.05, 0.1) is 7.05 Å². The lowest BCUT2D eigenvalue weighted by atomic mass is 10.1. The van der Waals surface area contributed by atoms with Crippen molar-refractivity contribution >= 4 is 23.2 Å². The molecule has 0 aromatic heterocycles. The highest BCUT2D eigenvalue weighted by atomic mass is 35.5. The van der Waals surface area contributed by atoms with Crippen molar-refractivity contribution < 1.29 is 9.69 Å². The number of halogens is 1. The molecule has 2 N–H and O–H groups in total. The fourth-order valence-corrected chi connectivity index (χ4v) is 2.52. The summed E-state index contributed by atoms with van der Waals surface area (Å²) in [7, 11) is 2.03. The number of amides is 1. The Balaban J connectivity index is 1.91. The smallest absolute Gasteiger partial charge is 0.279 e. The molecule has 0 spiro atoms. The highest BCUT2D eigenvalue weighted by molar-refractivity contribution is 6.30. The first-order valence-corrected chi connectivity index (χ1v) is 7.74. The van der Waals surface area contributed by atoms with E-state index in [4.69, 9.17) is 11.6 Å². The van der Waals surface area contributed by atoms with Crippen LogP contribution < -0.4 is 10.2 Å². The molecule has 0 bridgehead atoms. The van der Waals surface area contributed by atoms with Crippen LogP contribution in [0.5, 0.6) is 0 Å². The van der Waals surface area contributed by atoms with Gasteiger partial charge in [-0.3, -0.25) is 4.79 Å². The predicted octanol–water partition coefficient (Wildman–Crippen LogP) is 2.61. The van der Waals surface area contributed by atoms with Gasteiger partial charge in [-0.05, 0) is 43.7 Å². The average Bonchev–Trinajstić information content (AvgIpc) is 2.45. The summed E-state index contributed by atoms with van der Waals surface area (Å²) in [5.74, 6) is 0.00475. The molecule has 1 unspecified atom stereocenters. The normalized spacial score (nSPS) is 12.0. The topological polar surface area (TPSA) is 33.5 Å². The lowest BCUT2D eigenvalue weighted by Crippen LogP contribution is -3.08. The molecule has 0 saturated carbocycles. The van der Waals surface area contributed by atoms with Crippen LogP contribution in [-0.2, 0) is 11.3 Å². The van der Waals surface area contributed by atoms with E-state index in [0.29, 0.717) is 11.6 Å². The standard InChI is InChI=1S/C18H21ClN2O/c1-13-4-5-14(2)15(10-13)11-21(3)12-18(22)20-17-8-6-16(19)7-9-17/h4-10H,11-12H2,1-3H3,(H,20,22)/p+1. The summed E-state index contributed by atoms with van der Waals surface area (Å²) in [5, 5.41) is 3.56. The molecular formula is C18H22ClN2O+. The van der Waals surface area contributed by atoms with Crippen molar-refractivity contribution in [1.82, 2.24) is 0 Å². The van der Waals surface area contributed by atoms with Gasteiger partial charge in [0.15, 0.2) is 6.54 Å². The Morgan fingerprint density at radius 1 is 1.14 bits per heavy atom. The maximum absolute atomic E-state index is 12.1. The van der Waals surface area contributed by atoms with E-state index in [1.54, 1.807) is 24.3 Å². The van der Waals surface area contributed by atoms with Crippen LogP contribution in [0.15, 0.2) is 42.5 Å². The molecule has 0 aliphatic carbocycles. The predicted molar refractivity (Wildman–Crippen MR) is 91.5 cm³/mol. The van der Waals surface area contributed by atoms with Gasteiger partial charge in [0.25, 0.3) is 5.91 Å². The summed E-state index contributed by atoms with van der Waals surface area (Å²) in [6, 6.07) is 13.6. The van der Waals surface area contributed by atoms with E-state index in [2.05, 4.69) is 37.4 Å². The molecule has 0 heterocycles. The van der Waals surface area contributed by atoms with Gasteiger partial charge in [0, 0.05) is 16.3 Å². The van der Waals surface area contributed by atoms with Crippen molar-refractivity contribution in [2.45, 2.75) is 20.4 Å². The zero-order valence-electron chi connectivity index (χ0n) is 13.2. The molecule has 3 nitrogen and oxygen atoms in total. The summed E-state index contributed by atoms with van der Waals surface area (Å²) in [5.41, 5.74) is 4.58. The van der Waals surface area contributed by atoms with Crippen molar-refractivity contribution in [3.8, 4) is 0 Å². The van der Waals surface area contributed by atoms with Crippen LogP contribution in [0.25, 0.3) is 0 Å². The first-order chi connectivity index (χ1) is 10.4. The van der Waals surface area contributed by atoms with E-state index in [1.807, 2.05) is 7.05 Å². The minimum Gasteiger partial charge on any atom is -0.326 e. The second-order valence-electron chi connectivity index (χ2n) is 5.80. The number of likely N-dealkylation sites (N-methyl/N-ethyl adjacent to an activating group) is 1. The van der Waals surface area contributed by atoms with Gasteiger partial charge < -0.3 is 10.2 Å². The molecular weight excluding hydrogens is 296 g/mol. The largest absolute Gasteiger partial charge is 0.326 e. The Morgan fingerprint density at radius 2 is 1.82 bits per heavy atom. The monoisotopic (exact) mass is 317 g/mol.